The fourth-order valence-corrected chi connectivity index (χ4v) is 5.80. The number of nitrogens with zero attached hydrogens (tertiary/aromatic N) is 1. The van der Waals surface area contributed by atoms with Crippen LogP contribution in [0.2, 0.25) is 0 Å². The monoisotopic (exact) mass is 541 g/mol. The lowest BCUT2D eigenvalue weighted by atomic mass is 9.78. The summed E-state index contributed by atoms with van der Waals surface area (Å²) in [6, 6.07) is 25.1. The van der Waals surface area contributed by atoms with E-state index in [2.05, 4.69) is 34.9 Å². The molecule has 1 atom stereocenters. The van der Waals surface area contributed by atoms with Crippen molar-refractivity contribution >= 4 is 18.0 Å². The molecular weight excluding hydrogens is 506 g/mol. The number of ether oxygens (including phenoxy) is 1. The molecule has 0 aliphatic heterocycles. The van der Waals surface area contributed by atoms with Gasteiger partial charge in [-0.05, 0) is 53.6 Å². The van der Waals surface area contributed by atoms with Crippen LogP contribution in [0.5, 0.6) is 0 Å². The number of rotatable bonds is 11. The number of benzene rings is 3. The van der Waals surface area contributed by atoms with Crippen LogP contribution < -0.4 is 10.6 Å². The third-order valence-electron chi connectivity index (χ3n) is 7.80. The summed E-state index contributed by atoms with van der Waals surface area (Å²) in [6.45, 7) is 1.05. The highest BCUT2D eigenvalue weighted by Gasteiger charge is 2.34. The zero-order chi connectivity index (χ0) is 28.1. The molecule has 2 aliphatic carbocycles. The quantitative estimate of drug-likeness (QED) is 0.332. The van der Waals surface area contributed by atoms with Crippen LogP contribution in [0.3, 0.4) is 0 Å². The van der Waals surface area contributed by atoms with E-state index in [4.69, 9.17) is 4.74 Å². The third-order valence-corrected chi connectivity index (χ3v) is 7.80. The maximum absolute atomic E-state index is 12.6. The molecule has 0 aromatic heterocycles. The smallest absolute Gasteiger partial charge is 0.407 e. The lowest BCUT2D eigenvalue weighted by Crippen LogP contribution is -2.50. The van der Waals surface area contributed by atoms with Crippen LogP contribution in [-0.4, -0.2) is 60.3 Å². The Labute approximate surface area is 234 Å². The van der Waals surface area contributed by atoms with Gasteiger partial charge in [0.2, 0.25) is 5.91 Å². The van der Waals surface area contributed by atoms with Crippen molar-refractivity contribution in [2.24, 2.45) is 5.92 Å². The van der Waals surface area contributed by atoms with Gasteiger partial charge in [-0.15, -0.1) is 0 Å². The van der Waals surface area contributed by atoms with Crippen LogP contribution >= 0.6 is 0 Å². The van der Waals surface area contributed by atoms with Crippen LogP contribution in [0.15, 0.2) is 78.9 Å². The number of carbonyl (C=O) groups is 3. The van der Waals surface area contributed by atoms with E-state index < -0.39 is 18.1 Å². The molecule has 8 heteroatoms. The minimum absolute atomic E-state index is 0.00454. The van der Waals surface area contributed by atoms with Gasteiger partial charge < -0.3 is 20.5 Å². The molecule has 1 unspecified atom stereocenters. The fraction of sp³-hybridized carbons (Fsp3) is 0.344. The number of likely N-dealkylation sites (N-methyl/N-ethyl adjacent to an activating group) is 1. The first-order chi connectivity index (χ1) is 19.4. The molecule has 8 nitrogen and oxygen atoms in total. The van der Waals surface area contributed by atoms with E-state index in [-0.39, 0.29) is 43.4 Å². The molecule has 0 saturated heterocycles. The van der Waals surface area contributed by atoms with E-state index in [1.54, 1.807) is 0 Å². The van der Waals surface area contributed by atoms with Gasteiger partial charge in [-0.25, -0.2) is 9.59 Å². The molecule has 1 fully saturated rings. The summed E-state index contributed by atoms with van der Waals surface area (Å²) in [7, 11) is 1.83. The molecule has 3 N–H and O–H groups in total. The van der Waals surface area contributed by atoms with Gasteiger partial charge in [-0.3, -0.25) is 9.69 Å². The highest BCUT2D eigenvalue weighted by molar-refractivity contribution is 5.84. The summed E-state index contributed by atoms with van der Waals surface area (Å²) in [5.41, 5.74) is 5.76. The first kappa shape index (κ1) is 27.4. The standard InChI is InChI=1S/C32H35N3O5/c1-35(18-21-9-3-2-4-10-21)19-29(31(37)38)34-30(36)17-22-15-23(16-22)33-32(39)40-20-28-26-13-7-5-11-24(26)25-12-6-8-14-27(25)28/h2-14,22-23,28-29H,15-20H2,1H3,(H,33,39)(H,34,36)(H,37,38). The van der Waals surface area contributed by atoms with Gasteiger partial charge in [-0.2, -0.15) is 0 Å². The van der Waals surface area contributed by atoms with Crippen LogP contribution in [-0.2, 0) is 20.9 Å². The number of alkyl carbamates (subject to hydrolysis) is 1. The van der Waals surface area contributed by atoms with Gasteiger partial charge in [0.15, 0.2) is 0 Å². The van der Waals surface area contributed by atoms with E-state index >= 15 is 0 Å². The topological polar surface area (TPSA) is 108 Å². The van der Waals surface area contributed by atoms with Crippen molar-refractivity contribution in [2.75, 3.05) is 20.2 Å². The number of carboxylic acids is 1. The van der Waals surface area contributed by atoms with Crippen LogP contribution in [0.25, 0.3) is 11.1 Å². The zero-order valence-electron chi connectivity index (χ0n) is 22.6. The molecular formula is C32H35N3O5. The second kappa shape index (κ2) is 12.3. The lowest BCUT2D eigenvalue weighted by molar-refractivity contribution is -0.142. The Morgan fingerprint density at radius 1 is 0.925 bits per heavy atom. The summed E-state index contributed by atoms with van der Waals surface area (Å²) >= 11 is 0. The summed E-state index contributed by atoms with van der Waals surface area (Å²) in [5.74, 6) is -1.25. The number of carboxylic acid groups (broad SMARTS) is 1. The van der Waals surface area contributed by atoms with E-state index in [1.165, 1.54) is 11.1 Å². The van der Waals surface area contributed by atoms with Crippen LogP contribution in [0.1, 0.15) is 41.9 Å². The average Bonchev–Trinajstić information content (AvgIpc) is 3.24. The number of amides is 2. The minimum atomic E-state index is -1.06. The summed E-state index contributed by atoms with van der Waals surface area (Å²) < 4.78 is 5.62. The number of hydrogen-bond donors (Lipinski definition) is 3. The van der Waals surface area contributed by atoms with Crippen molar-refractivity contribution in [3.8, 4) is 11.1 Å². The molecule has 40 heavy (non-hydrogen) atoms. The summed E-state index contributed by atoms with van der Waals surface area (Å²) in [5, 5.41) is 15.2. The van der Waals surface area contributed by atoms with Crippen LogP contribution in [0.4, 0.5) is 4.79 Å². The molecule has 2 amide bonds. The molecule has 208 valence electrons. The predicted molar refractivity (Wildman–Crippen MR) is 152 cm³/mol. The Balaban J connectivity index is 1.03. The lowest BCUT2D eigenvalue weighted by Gasteiger charge is -2.35. The van der Waals surface area contributed by atoms with Crippen molar-refractivity contribution in [3.63, 3.8) is 0 Å². The van der Waals surface area contributed by atoms with Crippen molar-refractivity contribution in [3.05, 3.63) is 95.6 Å². The van der Waals surface area contributed by atoms with Gasteiger partial charge >= 0.3 is 12.1 Å². The van der Waals surface area contributed by atoms with Gasteiger partial charge in [0.25, 0.3) is 0 Å². The number of aliphatic carboxylic acids is 1. The molecule has 3 aromatic rings. The molecule has 3 aromatic carbocycles. The number of carbonyl (C=O) groups excluding carboxylic acids is 2. The Morgan fingerprint density at radius 2 is 1.52 bits per heavy atom. The zero-order valence-corrected chi connectivity index (χ0v) is 22.6. The highest BCUT2D eigenvalue weighted by atomic mass is 16.5. The third kappa shape index (κ3) is 6.51. The molecule has 1 saturated carbocycles. The molecule has 0 bridgehead atoms. The number of fused-ring (bicyclic) bond motifs is 3. The fourth-order valence-electron chi connectivity index (χ4n) is 5.80. The predicted octanol–water partition coefficient (Wildman–Crippen LogP) is 4.40. The first-order valence-corrected chi connectivity index (χ1v) is 13.7. The minimum Gasteiger partial charge on any atom is -0.480 e. The second-order valence-electron chi connectivity index (χ2n) is 10.8. The van der Waals surface area contributed by atoms with E-state index in [1.807, 2.05) is 66.5 Å². The Hall–Kier alpha value is -4.17. The first-order valence-electron chi connectivity index (χ1n) is 13.7. The number of hydrogen-bond acceptors (Lipinski definition) is 5. The number of nitrogens with one attached hydrogen (secondary N) is 2. The van der Waals surface area contributed by atoms with E-state index in [9.17, 15) is 19.5 Å². The van der Waals surface area contributed by atoms with Gasteiger partial charge in [0.1, 0.15) is 12.6 Å². The summed E-state index contributed by atoms with van der Waals surface area (Å²) in [4.78, 5) is 38.7. The SMILES string of the molecule is CN(Cc1ccccc1)CC(NC(=O)CC1CC(NC(=O)OCC2c3ccccc3-c3ccccc32)C1)C(=O)O. The molecule has 5 rings (SSSR count). The second-order valence-corrected chi connectivity index (χ2v) is 10.8. The van der Waals surface area contributed by atoms with E-state index in [0.29, 0.717) is 19.4 Å². The largest absolute Gasteiger partial charge is 0.480 e. The maximum atomic E-state index is 12.6. The van der Waals surface area contributed by atoms with Gasteiger partial charge in [0, 0.05) is 31.5 Å². The van der Waals surface area contributed by atoms with Gasteiger partial charge in [0.05, 0.1) is 0 Å². The van der Waals surface area contributed by atoms with Crippen LogP contribution in [0, 0.1) is 5.92 Å². The van der Waals surface area contributed by atoms with Crippen molar-refractivity contribution < 1.29 is 24.2 Å². The Bertz CT molecular complexity index is 1310. The Kier molecular flexibility index (Phi) is 8.45. The maximum Gasteiger partial charge on any atom is 0.407 e. The average molecular weight is 542 g/mol. The van der Waals surface area contributed by atoms with Gasteiger partial charge in [-0.1, -0.05) is 78.9 Å². The Morgan fingerprint density at radius 3 is 2.15 bits per heavy atom. The normalized spacial score (nSPS) is 18.2. The molecule has 0 heterocycles. The molecule has 2 aliphatic rings. The molecule has 0 spiro atoms. The highest BCUT2D eigenvalue weighted by Crippen LogP contribution is 2.44. The summed E-state index contributed by atoms with van der Waals surface area (Å²) in [6.07, 6.45) is 1.09. The molecule has 0 radical (unpaired) electrons. The van der Waals surface area contributed by atoms with Crippen molar-refractivity contribution in [1.29, 1.82) is 0 Å². The van der Waals surface area contributed by atoms with E-state index in [0.717, 1.165) is 16.7 Å². The van der Waals surface area contributed by atoms with Crippen molar-refractivity contribution in [2.45, 2.75) is 43.8 Å². The van der Waals surface area contributed by atoms with Crippen molar-refractivity contribution in [1.82, 2.24) is 15.5 Å².